The highest BCUT2D eigenvalue weighted by atomic mass is 16.6. The van der Waals surface area contributed by atoms with Crippen molar-refractivity contribution in [2.45, 2.75) is 51.3 Å². The Morgan fingerprint density at radius 1 is 0.935 bits per heavy atom. The average molecular weight is 629 g/mol. The van der Waals surface area contributed by atoms with Gasteiger partial charge in [0.1, 0.15) is 17.2 Å². The molecule has 3 saturated heterocycles. The highest BCUT2D eigenvalue weighted by Gasteiger charge is 2.35. The Hall–Kier alpha value is -4.39. The van der Waals surface area contributed by atoms with E-state index in [0.717, 1.165) is 102 Å². The quantitative estimate of drug-likeness (QED) is 0.440. The molecule has 244 valence electrons. The lowest BCUT2D eigenvalue weighted by molar-refractivity contribution is 0.0140. The topological polar surface area (TPSA) is 126 Å². The largest absolute Gasteiger partial charge is 0.507 e. The Kier molecular flexibility index (Phi) is 8.18. The number of para-hydroxylation sites is 1. The van der Waals surface area contributed by atoms with E-state index < -0.39 is 5.60 Å². The lowest BCUT2D eigenvalue weighted by atomic mass is 10.0. The molecule has 0 aliphatic carbocycles. The molecular weight excluding hydrogens is 584 g/mol. The van der Waals surface area contributed by atoms with Crippen molar-refractivity contribution >= 4 is 29.4 Å². The first-order valence-corrected chi connectivity index (χ1v) is 16.4. The standard InChI is InChI=1S/C33H44N10O3/c1-33(2,3)46-32(45)41-12-9-23(10-13-41)39-14-16-40(17-15-39)29-8-11-34-31(36-29)42-18-19-43-24(22-42)21-35-30-27(43)20-26(37-38-30)25-6-4-5-7-28(25)44/h4-8,11,20,23-24,44H,9-10,12-19,21-22H2,1-3H3,(H,35,38)/t24-/m0/s1. The molecule has 1 amide bonds. The maximum absolute atomic E-state index is 12.5. The maximum atomic E-state index is 12.5. The molecule has 0 radical (unpaired) electrons. The van der Waals surface area contributed by atoms with E-state index in [1.54, 1.807) is 12.1 Å². The second kappa shape index (κ2) is 12.4. The molecule has 0 unspecified atom stereocenters. The zero-order valence-electron chi connectivity index (χ0n) is 27.0. The summed E-state index contributed by atoms with van der Waals surface area (Å²) in [4.78, 5) is 33.7. The van der Waals surface area contributed by atoms with Crippen LogP contribution in [-0.2, 0) is 4.74 Å². The normalized spacial score (nSPS) is 21.0. The van der Waals surface area contributed by atoms with Gasteiger partial charge >= 0.3 is 6.09 Å². The van der Waals surface area contributed by atoms with Crippen molar-refractivity contribution in [3.63, 3.8) is 0 Å². The summed E-state index contributed by atoms with van der Waals surface area (Å²) in [6, 6.07) is 12.0. The molecule has 0 bridgehead atoms. The third-order valence-corrected chi connectivity index (χ3v) is 9.43. The van der Waals surface area contributed by atoms with Crippen LogP contribution in [0.25, 0.3) is 11.3 Å². The molecule has 1 aromatic carbocycles. The third kappa shape index (κ3) is 6.33. The van der Waals surface area contributed by atoms with Crippen molar-refractivity contribution in [2.24, 2.45) is 0 Å². The van der Waals surface area contributed by atoms with Gasteiger partial charge in [0.25, 0.3) is 0 Å². The molecular formula is C33H44N10O3. The number of nitrogens with one attached hydrogen (secondary N) is 1. The van der Waals surface area contributed by atoms with Gasteiger partial charge in [-0.2, -0.15) is 4.98 Å². The lowest BCUT2D eigenvalue weighted by Crippen LogP contribution is -2.58. The van der Waals surface area contributed by atoms with E-state index in [0.29, 0.717) is 17.3 Å². The predicted molar refractivity (Wildman–Crippen MR) is 178 cm³/mol. The van der Waals surface area contributed by atoms with E-state index in [9.17, 15) is 9.90 Å². The SMILES string of the molecule is CC(C)(C)OC(=O)N1CCC(N2CCN(c3ccnc(N4CCN5c6cc(-c7ccccc7O)nnc6NC[C@H]5C4)n3)CC2)CC1. The lowest BCUT2D eigenvalue weighted by Gasteiger charge is -2.46. The highest BCUT2D eigenvalue weighted by Crippen LogP contribution is 2.36. The smallest absolute Gasteiger partial charge is 0.410 e. The molecule has 3 aromatic rings. The number of aromatic hydroxyl groups is 1. The van der Waals surface area contributed by atoms with Gasteiger partial charge in [-0.05, 0) is 57.9 Å². The van der Waals surface area contributed by atoms with E-state index >= 15 is 0 Å². The van der Waals surface area contributed by atoms with Crippen LogP contribution in [0.15, 0.2) is 42.6 Å². The molecule has 2 N–H and O–H groups in total. The van der Waals surface area contributed by atoms with Crippen molar-refractivity contribution in [3.05, 3.63) is 42.6 Å². The summed E-state index contributed by atoms with van der Waals surface area (Å²) in [6.45, 7) is 14.2. The summed E-state index contributed by atoms with van der Waals surface area (Å²) >= 11 is 0. The number of anilines is 4. The first-order chi connectivity index (χ1) is 22.2. The van der Waals surface area contributed by atoms with Crippen LogP contribution in [0.5, 0.6) is 5.75 Å². The number of phenolic OH excluding ortho intramolecular Hbond substituents is 1. The number of amides is 1. The fourth-order valence-corrected chi connectivity index (χ4v) is 7.02. The number of aromatic nitrogens is 4. The van der Waals surface area contributed by atoms with Gasteiger partial charge in [-0.25, -0.2) is 9.78 Å². The van der Waals surface area contributed by atoms with Gasteiger partial charge in [-0.3, -0.25) is 4.90 Å². The van der Waals surface area contributed by atoms with E-state index in [4.69, 9.17) is 9.72 Å². The fourth-order valence-electron chi connectivity index (χ4n) is 7.02. The number of benzene rings is 1. The number of piperidine rings is 1. The zero-order chi connectivity index (χ0) is 31.8. The summed E-state index contributed by atoms with van der Waals surface area (Å²) in [6.07, 6.45) is 3.64. The van der Waals surface area contributed by atoms with Gasteiger partial charge in [0.15, 0.2) is 5.82 Å². The molecule has 4 aliphatic rings. The Balaban J connectivity index is 0.946. The Morgan fingerprint density at radius 2 is 1.70 bits per heavy atom. The molecule has 46 heavy (non-hydrogen) atoms. The second-order valence-electron chi connectivity index (χ2n) is 13.6. The summed E-state index contributed by atoms with van der Waals surface area (Å²) in [5.74, 6) is 2.71. The molecule has 0 spiro atoms. The van der Waals surface area contributed by atoms with Gasteiger partial charge < -0.3 is 34.8 Å². The number of piperazine rings is 2. The van der Waals surface area contributed by atoms with Crippen molar-refractivity contribution in [1.29, 1.82) is 0 Å². The predicted octanol–water partition coefficient (Wildman–Crippen LogP) is 3.28. The number of phenols is 1. The van der Waals surface area contributed by atoms with E-state index in [1.807, 2.05) is 56.1 Å². The number of carbonyl (C=O) groups excluding carboxylic acids is 1. The molecule has 13 heteroatoms. The molecule has 4 aliphatic heterocycles. The number of nitrogens with zero attached hydrogens (tertiary/aromatic N) is 9. The van der Waals surface area contributed by atoms with Crippen molar-refractivity contribution in [3.8, 4) is 17.0 Å². The molecule has 0 saturated carbocycles. The number of hydrogen-bond acceptors (Lipinski definition) is 12. The Bertz CT molecular complexity index is 1550. The first-order valence-electron chi connectivity index (χ1n) is 16.4. The minimum atomic E-state index is -0.464. The van der Waals surface area contributed by atoms with E-state index in [2.05, 4.69) is 40.1 Å². The average Bonchev–Trinajstić information content (AvgIpc) is 3.07. The van der Waals surface area contributed by atoms with Crippen LogP contribution in [0.1, 0.15) is 33.6 Å². The number of carbonyl (C=O) groups is 1. The summed E-state index contributed by atoms with van der Waals surface area (Å²) in [5, 5.41) is 22.6. The summed E-state index contributed by atoms with van der Waals surface area (Å²) < 4.78 is 5.57. The van der Waals surface area contributed by atoms with Gasteiger partial charge in [-0.1, -0.05) is 12.1 Å². The fraction of sp³-hybridized carbons (Fsp3) is 0.545. The van der Waals surface area contributed by atoms with Crippen LogP contribution in [0, 0.1) is 0 Å². The molecule has 7 rings (SSSR count). The Labute approximate surface area is 270 Å². The van der Waals surface area contributed by atoms with Crippen LogP contribution < -0.4 is 20.0 Å². The van der Waals surface area contributed by atoms with Crippen LogP contribution >= 0.6 is 0 Å². The van der Waals surface area contributed by atoms with E-state index in [-0.39, 0.29) is 17.9 Å². The highest BCUT2D eigenvalue weighted by molar-refractivity contribution is 5.76. The van der Waals surface area contributed by atoms with Gasteiger partial charge in [0.05, 0.1) is 17.4 Å². The number of ether oxygens (including phenoxy) is 1. The van der Waals surface area contributed by atoms with Crippen molar-refractivity contribution in [2.75, 3.05) is 85.5 Å². The Morgan fingerprint density at radius 3 is 2.46 bits per heavy atom. The number of fused-ring (bicyclic) bond motifs is 3. The number of likely N-dealkylation sites (tertiary alicyclic amines) is 1. The number of rotatable bonds is 4. The van der Waals surface area contributed by atoms with E-state index in [1.165, 1.54) is 0 Å². The van der Waals surface area contributed by atoms with Crippen LogP contribution in [0.4, 0.5) is 28.1 Å². The van der Waals surface area contributed by atoms with Gasteiger partial charge in [0, 0.05) is 83.2 Å². The van der Waals surface area contributed by atoms with Gasteiger partial charge in [-0.15, -0.1) is 10.2 Å². The van der Waals surface area contributed by atoms with Crippen molar-refractivity contribution < 1.29 is 14.6 Å². The monoisotopic (exact) mass is 628 g/mol. The van der Waals surface area contributed by atoms with Gasteiger partial charge in [0.2, 0.25) is 5.95 Å². The first kappa shape index (κ1) is 30.3. The summed E-state index contributed by atoms with van der Waals surface area (Å²) in [7, 11) is 0. The van der Waals surface area contributed by atoms with Crippen LogP contribution in [-0.4, -0.2) is 124 Å². The molecule has 13 nitrogen and oxygen atoms in total. The zero-order valence-corrected chi connectivity index (χ0v) is 27.0. The van der Waals surface area contributed by atoms with Crippen LogP contribution in [0.3, 0.4) is 0 Å². The molecule has 3 fully saturated rings. The molecule has 1 atom stereocenters. The molecule has 2 aromatic heterocycles. The second-order valence-corrected chi connectivity index (χ2v) is 13.6. The molecule has 6 heterocycles. The van der Waals surface area contributed by atoms with Crippen molar-refractivity contribution in [1.82, 2.24) is 30.0 Å². The number of hydrogen-bond donors (Lipinski definition) is 2. The minimum Gasteiger partial charge on any atom is -0.507 e. The third-order valence-electron chi connectivity index (χ3n) is 9.43. The van der Waals surface area contributed by atoms with Crippen LogP contribution in [0.2, 0.25) is 0 Å². The minimum absolute atomic E-state index is 0.195. The summed E-state index contributed by atoms with van der Waals surface area (Å²) in [5.41, 5.74) is 1.87. The maximum Gasteiger partial charge on any atom is 0.410 e.